The largest absolute Gasteiger partial charge is 0.266 e. The standard InChI is InChI=1S/C24H30F2/c1-2-16-3-5-20-14-22(9-7-18(20)11-16)23-10-8-19-12-17(13-24(25)26)4-6-21(19)15-23/h2-3,5,11,13,17,19,21-23H,1,4,6-10,12,14-15H2. The fourth-order valence-corrected chi connectivity index (χ4v) is 6.05. The van der Waals surface area contributed by atoms with Crippen LogP contribution in [0.2, 0.25) is 0 Å². The van der Waals surface area contributed by atoms with E-state index >= 15 is 0 Å². The monoisotopic (exact) mass is 356 g/mol. The van der Waals surface area contributed by atoms with Gasteiger partial charge in [-0.05, 0) is 110 Å². The average Bonchev–Trinajstić information content (AvgIpc) is 2.66. The summed E-state index contributed by atoms with van der Waals surface area (Å²) in [6.07, 6.45) is 12.4. The minimum Gasteiger partial charge on any atom is -0.174 e. The van der Waals surface area contributed by atoms with Crippen LogP contribution >= 0.6 is 0 Å². The molecular weight excluding hydrogens is 326 g/mol. The molecule has 140 valence electrons. The van der Waals surface area contributed by atoms with Gasteiger partial charge in [0.05, 0.1) is 0 Å². The lowest BCUT2D eigenvalue weighted by molar-refractivity contribution is 0.0803. The lowest BCUT2D eigenvalue weighted by atomic mass is 9.61. The zero-order chi connectivity index (χ0) is 18.1. The van der Waals surface area contributed by atoms with Crippen LogP contribution in [0.15, 0.2) is 36.9 Å². The number of halogens is 2. The summed E-state index contributed by atoms with van der Waals surface area (Å²) in [5, 5.41) is 0. The van der Waals surface area contributed by atoms with Crippen molar-refractivity contribution in [3.8, 4) is 0 Å². The van der Waals surface area contributed by atoms with Gasteiger partial charge in [-0.25, -0.2) is 0 Å². The van der Waals surface area contributed by atoms with E-state index in [4.69, 9.17) is 0 Å². The van der Waals surface area contributed by atoms with Crippen molar-refractivity contribution in [3.63, 3.8) is 0 Å². The number of rotatable bonds is 3. The lowest BCUT2D eigenvalue weighted by Gasteiger charge is -2.44. The topological polar surface area (TPSA) is 0 Å². The summed E-state index contributed by atoms with van der Waals surface area (Å²) in [5.74, 6) is 3.25. The Kier molecular flexibility index (Phi) is 5.29. The summed E-state index contributed by atoms with van der Waals surface area (Å²) in [7, 11) is 0. The van der Waals surface area contributed by atoms with Crippen molar-refractivity contribution in [1.29, 1.82) is 0 Å². The molecule has 0 aliphatic heterocycles. The third kappa shape index (κ3) is 3.80. The molecule has 5 atom stereocenters. The van der Waals surface area contributed by atoms with E-state index in [2.05, 4.69) is 24.8 Å². The Balaban J connectivity index is 1.37. The zero-order valence-electron chi connectivity index (χ0n) is 15.6. The maximum absolute atomic E-state index is 12.6. The van der Waals surface area contributed by atoms with E-state index in [1.807, 2.05) is 6.08 Å². The van der Waals surface area contributed by atoms with Gasteiger partial charge in [-0.15, -0.1) is 0 Å². The molecule has 0 nitrogen and oxygen atoms in total. The molecule has 0 heterocycles. The second-order valence-electron chi connectivity index (χ2n) is 8.86. The van der Waals surface area contributed by atoms with Crippen LogP contribution in [0.25, 0.3) is 6.08 Å². The van der Waals surface area contributed by atoms with Crippen molar-refractivity contribution >= 4 is 6.08 Å². The van der Waals surface area contributed by atoms with Crippen LogP contribution in [0, 0.1) is 29.6 Å². The molecule has 4 rings (SSSR count). The van der Waals surface area contributed by atoms with E-state index in [1.165, 1.54) is 55.7 Å². The van der Waals surface area contributed by atoms with Gasteiger partial charge in [0.2, 0.25) is 0 Å². The molecule has 2 saturated carbocycles. The van der Waals surface area contributed by atoms with Gasteiger partial charge in [-0.3, -0.25) is 0 Å². The van der Waals surface area contributed by atoms with E-state index < -0.39 is 6.08 Å². The summed E-state index contributed by atoms with van der Waals surface area (Å²) in [4.78, 5) is 0. The van der Waals surface area contributed by atoms with Gasteiger partial charge in [0.1, 0.15) is 0 Å². The Morgan fingerprint density at radius 3 is 2.38 bits per heavy atom. The molecule has 2 fully saturated rings. The van der Waals surface area contributed by atoms with Crippen LogP contribution < -0.4 is 0 Å². The smallest absolute Gasteiger partial charge is 0.174 e. The first kappa shape index (κ1) is 17.9. The predicted octanol–water partition coefficient (Wildman–Crippen LogP) is 7.05. The fourth-order valence-electron chi connectivity index (χ4n) is 6.05. The molecule has 0 bridgehead atoms. The van der Waals surface area contributed by atoms with Crippen LogP contribution in [0.3, 0.4) is 0 Å². The number of aryl methyl sites for hydroxylation is 1. The zero-order valence-corrected chi connectivity index (χ0v) is 15.6. The second kappa shape index (κ2) is 7.66. The molecule has 0 radical (unpaired) electrons. The Labute approximate surface area is 156 Å². The van der Waals surface area contributed by atoms with Crippen LogP contribution in [-0.4, -0.2) is 0 Å². The molecule has 3 aliphatic rings. The first-order valence-corrected chi connectivity index (χ1v) is 10.4. The normalized spacial score (nSPS) is 33.7. The van der Waals surface area contributed by atoms with Gasteiger partial charge in [-0.2, -0.15) is 8.78 Å². The van der Waals surface area contributed by atoms with Crippen LogP contribution in [-0.2, 0) is 12.8 Å². The van der Waals surface area contributed by atoms with Gasteiger partial charge < -0.3 is 0 Å². The Bertz CT molecular complexity index is 685. The van der Waals surface area contributed by atoms with Crippen molar-refractivity contribution in [2.45, 2.75) is 57.8 Å². The highest BCUT2D eigenvalue weighted by molar-refractivity contribution is 5.50. The molecule has 0 spiro atoms. The summed E-state index contributed by atoms with van der Waals surface area (Å²) < 4.78 is 25.1. The fraction of sp³-hybridized carbons (Fsp3) is 0.583. The summed E-state index contributed by atoms with van der Waals surface area (Å²) in [6, 6.07) is 6.82. The molecule has 0 N–H and O–H groups in total. The maximum Gasteiger partial charge on any atom is 0.266 e. The number of fused-ring (bicyclic) bond motifs is 2. The second-order valence-corrected chi connectivity index (χ2v) is 8.86. The summed E-state index contributed by atoms with van der Waals surface area (Å²) >= 11 is 0. The minimum absolute atomic E-state index is 0.124. The summed E-state index contributed by atoms with van der Waals surface area (Å²) in [6.45, 7) is 3.88. The van der Waals surface area contributed by atoms with E-state index in [0.29, 0.717) is 5.92 Å². The molecule has 0 saturated heterocycles. The van der Waals surface area contributed by atoms with E-state index in [0.717, 1.165) is 37.0 Å². The van der Waals surface area contributed by atoms with Crippen LogP contribution in [0.5, 0.6) is 0 Å². The molecule has 1 aromatic rings. The van der Waals surface area contributed by atoms with E-state index in [9.17, 15) is 8.78 Å². The number of benzene rings is 1. The predicted molar refractivity (Wildman–Crippen MR) is 104 cm³/mol. The molecule has 5 unspecified atom stereocenters. The molecular formula is C24H30F2. The minimum atomic E-state index is -1.48. The highest BCUT2D eigenvalue weighted by Crippen LogP contribution is 2.48. The van der Waals surface area contributed by atoms with Gasteiger partial charge in [-0.1, -0.05) is 30.9 Å². The third-order valence-electron chi connectivity index (χ3n) is 7.46. The first-order chi connectivity index (χ1) is 12.6. The van der Waals surface area contributed by atoms with Crippen molar-refractivity contribution in [1.82, 2.24) is 0 Å². The molecule has 0 aromatic heterocycles. The SMILES string of the molecule is C=Cc1ccc2c(c1)CCC(C1CCC3CC(C=C(F)F)CCC3C1)C2. The number of allylic oxidation sites excluding steroid dienone is 1. The highest BCUT2D eigenvalue weighted by Gasteiger charge is 2.38. The molecule has 0 amide bonds. The average molecular weight is 357 g/mol. The van der Waals surface area contributed by atoms with Gasteiger partial charge in [0, 0.05) is 0 Å². The van der Waals surface area contributed by atoms with E-state index in [1.54, 1.807) is 5.56 Å². The van der Waals surface area contributed by atoms with Gasteiger partial charge in [0.25, 0.3) is 6.08 Å². The molecule has 1 aromatic carbocycles. The number of hydrogen-bond donors (Lipinski definition) is 0. The van der Waals surface area contributed by atoms with Crippen molar-refractivity contribution in [2.75, 3.05) is 0 Å². The quantitative estimate of drug-likeness (QED) is 0.544. The van der Waals surface area contributed by atoms with Crippen molar-refractivity contribution < 1.29 is 8.78 Å². The Hall–Kier alpha value is -1.44. The Morgan fingerprint density at radius 2 is 1.62 bits per heavy atom. The Morgan fingerprint density at radius 1 is 0.885 bits per heavy atom. The van der Waals surface area contributed by atoms with E-state index in [-0.39, 0.29) is 5.92 Å². The van der Waals surface area contributed by atoms with Crippen molar-refractivity contribution in [2.24, 2.45) is 29.6 Å². The van der Waals surface area contributed by atoms with Crippen molar-refractivity contribution in [3.05, 3.63) is 53.6 Å². The summed E-state index contributed by atoms with van der Waals surface area (Å²) in [5.41, 5.74) is 4.30. The highest BCUT2D eigenvalue weighted by atomic mass is 19.3. The molecule has 2 heteroatoms. The third-order valence-corrected chi connectivity index (χ3v) is 7.46. The van der Waals surface area contributed by atoms with Gasteiger partial charge in [0.15, 0.2) is 0 Å². The lowest BCUT2D eigenvalue weighted by Crippen LogP contribution is -2.34. The molecule has 3 aliphatic carbocycles. The molecule has 26 heavy (non-hydrogen) atoms. The maximum atomic E-state index is 12.6. The number of hydrogen-bond acceptors (Lipinski definition) is 0. The van der Waals surface area contributed by atoms with Gasteiger partial charge >= 0.3 is 0 Å². The van der Waals surface area contributed by atoms with Crippen LogP contribution in [0.1, 0.15) is 61.6 Å². The first-order valence-electron chi connectivity index (χ1n) is 10.4. The van der Waals surface area contributed by atoms with Crippen LogP contribution in [0.4, 0.5) is 8.78 Å².